The molecule has 0 aliphatic carbocycles. The molecule has 1 fully saturated rings. The summed E-state index contributed by atoms with van der Waals surface area (Å²) in [5.74, 6) is -0.608. The van der Waals surface area contributed by atoms with Gasteiger partial charge in [0.05, 0.1) is 6.04 Å². The van der Waals surface area contributed by atoms with Crippen molar-refractivity contribution in [1.29, 1.82) is 0 Å². The molecule has 4 nitrogen and oxygen atoms in total. The van der Waals surface area contributed by atoms with Crippen molar-refractivity contribution in [3.05, 3.63) is 35.1 Å². The zero-order valence-corrected chi connectivity index (χ0v) is 12.9. The normalized spacial score (nSPS) is 24.0. The Bertz CT molecular complexity index is 588. The number of nitrogens with zero attached hydrogens (tertiary/aromatic N) is 1. The van der Waals surface area contributed by atoms with Gasteiger partial charge in [-0.1, -0.05) is 19.1 Å². The van der Waals surface area contributed by atoms with Crippen LogP contribution in [0.25, 0.3) is 0 Å². The van der Waals surface area contributed by atoms with Crippen molar-refractivity contribution in [3.63, 3.8) is 0 Å². The molecule has 1 N–H and O–H groups in total. The number of rotatable bonds is 3. The molecule has 1 aliphatic rings. The predicted molar refractivity (Wildman–Crippen MR) is 78.1 cm³/mol. The number of nitrogens with one attached hydrogen (secondary N) is 1. The lowest BCUT2D eigenvalue weighted by Gasteiger charge is -2.42. The summed E-state index contributed by atoms with van der Waals surface area (Å²) in [5.41, 5.74) is 0.374. The SMILES string of the molecule is CCC1(C)NC(=O)CN(C(C)c2ccc(C)c(F)c2)C1=O. The number of amides is 2. The van der Waals surface area contributed by atoms with Crippen molar-refractivity contribution in [2.24, 2.45) is 0 Å². The summed E-state index contributed by atoms with van der Waals surface area (Å²) in [6.45, 7) is 7.10. The maximum atomic E-state index is 13.7. The van der Waals surface area contributed by atoms with Gasteiger partial charge in [-0.3, -0.25) is 9.59 Å². The Morgan fingerprint density at radius 2 is 2.10 bits per heavy atom. The van der Waals surface area contributed by atoms with Crippen LogP contribution in [-0.4, -0.2) is 28.8 Å². The minimum atomic E-state index is -0.882. The zero-order valence-electron chi connectivity index (χ0n) is 12.9. The van der Waals surface area contributed by atoms with Gasteiger partial charge >= 0.3 is 0 Å². The van der Waals surface area contributed by atoms with E-state index in [1.807, 2.05) is 13.8 Å². The van der Waals surface area contributed by atoms with Crippen molar-refractivity contribution >= 4 is 11.8 Å². The highest BCUT2D eigenvalue weighted by atomic mass is 19.1. The Hall–Kier alpha value is -1.91. The second kappa shape index (κ2) is 5.47. The number of carbonyl (C=O) groups excluding carboxylic acids is 2. The topological polar surface area (TPSA) is 49.4 Å². The lowest BCUT2D eigenvalue weighted by molar-refractivity contribution is -0.151. The van der Waals surface area contributed by atoms with E-state index in [0.717, 1.165) is 0 Å². The molecule has 114 valence electrons. The number of piperazine rings is 1. The van der Waals surface area contributed by atoms with E-state index < -0.39 is 5.54 Å². The third kappa shape index (κ3) is 2.77. The van der Waals surface area contributed by atoms with E-state index in [4.69, 9.17) is 0 Å². The van der Waals surface area contributed by atoms with Crippen molar-refractivity contribution < 1.29 is 14.0 Å². The first kappa shape index (κ1) is 15.5. The van der Waals surface area contributed by atoms with Crippen molar-refractivity contribution in [2.75, 3.05) is 6.54 Å². The average Bonchev–Trinajstić information content (AvgIpc) is 2.45. The van der Waals surface area contributed by atoms with E-state index in [-0.39, 0.29) is 30.2 Å². The van der Waals surface area contributed by atoms with E-state index in [9.17, 15) is 14.0 Å². The molecule has 2 amide bonds. The Morgan fingerprint density at radius 3 is 2.67 bits per heavy atom. The van der Waals surface area contributed by atoms with E-state index in [0.29, 0.717) is 17.5 Å². The quantitative estimate of drug-likeness (QED) is 0.929. The highest BCUT2D eigenvalue weighted by Crippen LogP contribution is 2.28. The lowest BCUT2D eigenvalue weighted by Crippen LogP contribution is -2.65. The predicted octanol–water partition coefficient (Wildman–Crippen LogP) is 2.32. The Balaban J connectivity index is 2.32. The van der Waals surface area contributed by atoms with E-state index in [1.165, 1.54) is 11.0 Å². The highest BCUT2D eigenvalue weighted by Gasteiger charge is 2.43. The monoisotopic (exact) mass is 292 g/mol. The molecule has 1 aromatic rings. The van der Waals surface area contributed by atoms with Gasteiger partial charge in [0.15, 0.2) is 0 Å². The Labute approximate surface area is 124 Å². The maximum absolute atomic E-state index is 13.7. The highest BCUT2D eigenvalue weighted by molar-refractivity contribution is 5.97. The molecule has 0 bridgehead atoms. The minimum absolute atomic E-state index is 0.00505. The number of hydrogen-bond acceptors (Lipinski definition) is 2. The smallest absolute Gasteiger partial charge is 0.248 e. The van der Waals surface area contributed by atoms with Gasteiger partial charge in [-0.05, 0) is 44.4 Å². The summed E-state index contributed by atoms with van der Waals surface area (Å²) < 4.78 is 13.7. The fourth-order valence-corrected chi connectivity index (χ4v) is 2.55. The van der Waals surface area contributed by atoms with Crippen LogP contribution in [0.5, 0.6) is 0 Å². The van der Waals surface area contributed by atoms with Gasteiger partial charge in [-0.25, -0.2) is 4.39 Å². The van der Waals surface area contributed by atoms with Gasteiger partial charge in [0, 0.05) is 0 Å². The molecule has 1 aromatic carbocycles. The maximum Gasteiger partial charge on any atom is 0.248 e. The molecule has 2 unspecified atom stereocenters. The fourth-order valence-electron chi connectivity index (χ4n) is 2.55. The van der Waals surface area contributed by atoms with E-state index in [1.54, 1.807) is 26.0 Å². The van der Waals surface area contributed by atoms with Crippen LogP contribution >= 0.6 is 0 Å². The largest absolute Gasteiger partial charge is 0.340 e. The molecule has 1 heterocycles. The molecule has 5 heteroatoms. The first-order valence-corrected chi connectivity index (χ1v) is 7.16. The van der Waals surface area contributed by atoms with Crippen LogP contribution in [0.2, 0.25) is 0 Å². The van der Waals surface area contributed by atoms with Gasteiger partial charge in [0.25, 0.3) is 0 Å². The average molecular weight is 292 g/mol. The van der Waals surface area contributed by atoms with Crippen molar-refractivity contribution in [1.82, 2.24) is 10.2 Å². The molecule has 21 heavy (non-hydrogen) atoms. The molecule has 1 saturated heterocycles. The van der Waals surface area contributed by atoms with E-state index >= 15 is 0 Å². The molecule has 0 radical (unpaired) electrons. The number of benzene rings is 1. The third-order valence-corrected chi connectivity index (χ3v) is 4.32. The van der Waals surface area contributed by atoms with E-state index in [2.05, 4.69) is 5.32 Å². The Kier molecular flexibility index (Phi) is 4.03. The molecule has 0 aromatic heterocycles. The molecule has 0 saturated carbocycles. The standard InChI is InChI=1S/C16H21FN2O2/c1-5-16(4)15(21)19(9-14(20)18-16)11(3)12-7-6-10(2)13(17)8-12/h6-8,11H,5,9H2,1-4H3,(H,18,20). The fraction of sp³-hybridized carbons (Fsp3) is 0.500. The van der Waals surface area contributed by atoms with Crippen LogP contribution in [0.15, 0.2) is 18.2 Å². The van der Waals surface area contributed by atoms with Gasteiger partial charge in [0.2, 0.25) is 11.8 Å². The van der Waals surface area contributed by atoms with Crippen LogP contribution < -0.4 is 5.32 Å². The van der Waals surface area contributed by atoms with Gasteiger partial charge in [-0.15, -0.1) is 0 Å². The molecule has 2 rings (SSSR count). The molecular formula is C16H21FN2O2. The van der Waals surface area contributed by atoms with Crippen molar-refractivity contribution in [2.45, 2.75) is 45.7 Å². The summed E-state index contributed by atoms with van der Waals surface area (Å²) >= 11 is 0. The summed E-state index contributed by atoms with van der Waals surface area (Å²) in [6, 6.07) is 4.58. The number of hydrogen-bond donors (Lipinski definition) is 1. The van der Waals surface area contributed by atoms with Gasteiger partial charge in [-0.2, -0.15) is 0 Å². The van der Waals surface area contributed by atoms with Gasteiger partial charge < -0.3 is 10.2 Å². The zero-order chi connectivity index (χ0) is 15.8. The molecular weight excluding hydrogens is 271 g/mol. The van der Waals surface area contributed by atoms with Crippen LogP contribution in [0.3, 0.4) is 0 Å². The first-order chi connectivity index (χ1) is 9.78. The second-order valence-corrected chi connectivity index (χ2v) is 5.85. The molecule has 1 aliphatic heterocycles. The number of halogens is 1. The minimum Gasteiger partial charge on any atom is -0.340 e. The van der Waals surface area contributed by atoms with Crippen LogP contribution in [0, 0.1) is 12.7 Å². The summed E-state index contributed by atoms with van der Waals surface area (Å²) in [4.78, 5) is 26.0. The first-order valence-electron chi connectivity index (χ1n) is 7.16. The second-order valence-electron chi connectivity index (χ2n) is 5.85. The Morgan fingerprint density at radius 1 is 1.43 bits per heavy atom. The van der Waals surface area contributed by atoms with Crippen LogP contribution in [0.1, 0.15) is 44.4 Å². The van der Waals surface area contributed by atoms with Gasteiger partial charge in [0.1, 0.15) is 17.9 Å². The molecule has 2 atom stereocenters. The summed E-state index contributed by atoms with van der Waals surface area (Å²) in [5, 5.41) is 2.74. The van der Waals surface area contributed by atoms with Crippen molar-refractivity contribution in [3.8, 4) is 0 Å². The number of carbonyl (C=O) groups is 2. The van der Waals surface area contributed by atoms with Crippen LogP contribution in [0.4, 0.5) is 4.39 Å². The molecule has 0 spiro atoms. The van der Waals surface area contributed by atoms with Crippen LogP contribution in [-0.2, 0) is 9.59 Å². The number of aryl methyl sites for hydroxylation is 1. The summed E-state index contributed by atoms with van der Waals surface area (Å²) in [7, 11) is 0. The summed E-state index contributed by atoms with van der Waals surface area (Å²) in [6.07, 6.45) is 0.517. The lowest BCUT2D eigenvalue weighted by atomic mass is 9.92. The third-order valence-electron chi connectivity index (χ3n) is 4.32.